The fourth-order valence-corrected chi connectivity index (χ4v) is 5.40. The van der Waals surface area contributed by atoms with Crippen molar-refractivity contribution < 1.29 is 14.0 Å². The minimum absolute atomic E-state index is 0.0303. The van der Waals surface area contributed by atoms with Crippen LogP contribution in [-0.2, 0) is 11.3 Å². The van der Waals surface area contributed by atoms with Crippen molar-refractivity contribution in [1.82, 2.24) is 35.5 Å². The van der Waals surface area contributed by atoms with Gasteiger partial charge in [-0.25, -0.2) is 9.37 Å². The second-order valence-corrected chi connectivity index (χ2v) is 10.9. The number of hydrazine groups is 1. The highest BCUT2D eigenvalue weighted by Gasteiger charge is 2.53. The van der Waals surface area contributed by atoms with Crippen molar-refractivity contribution >= 4 is 29.1 Å². The van der Waals surface area contributed by atoms with Crippen LogP contribution in [0.1, 0.15) is 42.0 Å². The second-order valence-electron chi connectivity index (χ2n) is 10.5. The van der Waals surface area contributed by atoms with Gasteiger partial charge in [0.2, 0.25) is 5.91 Å². The average Bonchev–Trinajstić information content (AvgIpc) is 3.45. The molecule has 40 heavy (non-hydrogen) atoms. The topological polar surface area (TPSA) is 117 Å². The summed E-state index contributed by atoms with van der Waals surface area (Å²) < 4.78 is 16.5. The van der Waals surface area contributed by atoms with Crippen molar-refractivity contribution in [3.05, 3.63) is 81.2 Å². The highest BCUT2D eigenvalue weighted by molar-refractivity contribution is 6.31. The number of nitrogens with one attached hydrogen (secondary N) is 3. The highest BCUT2D eigenvalue weighted by atomic mass is 35.5. The number of nitrogens with zero attached hydrogens (tertiary/aromatic N) is 5. The Balaban J connectivity index is 1.18. The first kappa shape index (κ1) is 26.0. The minimum Gasteiger partial charge on any atom is -0.318 e. The predicted octanol–water partition coefficient (Wildman–Crippen LogP) is 4.09. The lowest BCUT2D eigenvalue weighted by Crippen LogP contribution is -2.45. The number of hydrogen-bond donors (Lipinski definition) is 3. The molecule has 0 bridgehead atoms. The Morgan fingerprint density at radius 2 is 1.98 bits per heavy atom. The molecule has 1 aliphatic carbocycles. The van der Waals surface area contributed by atoms with E-state index in [0.29, 0.717) is 29.4 Å². The van der Waals surface area contributed by atoms with Crippen molar-refractivity contribution in [2.24, 2.45) is 11.8 Å². The molecular weight excluding hydrogens is 535 g/mol. The third-order valence-corrected chi connectivity index (χ3v) is 8.13. The molecular formula is C28H28ClFN8O2. The van der Waals surface area contributed by atoms with E-state index < -0.39 is 11.7 Å². The van der Waals surface area contributed by atoms with E-state index >= 15 is 0 Å². The Kier molecular flexibility index (Phi) is 6.33. The summed E-state index contributed by atoms with van der Waals surface area (Å²) in [4.78, 5) is 36.2. The molecule has 4 heterocycles. The van der Waals surface area contributed by atoms with Gasteiger partial charge in [0.1, 0.15) is 11.5 Å². The molecule has 1 aromatic carbocycles. The monoisotopic (exact) mass is 562 g/mol. The van der Waals surface area contributed by atoms with Crippen molar-refractivity contribution in [2.75, 3.05) is 11.9 Å². The van der Waals surface area contributed by atoms with Crippen LogP contribution in [0.2, 0.25) is 5.02 Å². The number of rotatable bonds is 6. The maximum absolute atomic E-state index is 14.8. The van der Waals surface area contributed by atoms with Crippen LogP contribution in [0.4, 0.5) is 10.1 Å². The molecule has 12 heteroatoms. The summed E-state index contributed by atoms with van der Waals surface area (Å²) in [6.07, 6.45) is 5.68. The van der Waals surface area contributed by atoms with Crippen LogP contribution in [0.25, 0.3) is 11.3 Å². The summed E-state index contributed by atoms with van der Waals surface area (Å²) in [5, 5.41) is 7.15. The molecule has 6 rings (SSSR count). The third kappa shape index (κ3) is 4.49. The van der Waals surface area contributed by atoms with E-state index in [1.807, 2.05) is 18.7 Å². The van der Waals surface area contributed by atoms with Gasteiger partial charge in [-0.2, -0.15) is 5.10 Å². The molecule has 0 spiro atoms. The fraction of sp³-hybridized carbons (Fsp3) is 0.321. The van der Waals surface area contributed by atoms with E-state index in [2.05, 4.69) is 31.2 Å². The van der Waals surface area contributed by atoms with Gasteiger partial charge in [0.05, 0.1) is 46.7 Å². The van der Waals surface area contributed by atoms with Crippen LogP contribution >= 0.6 is 11.6 Å². The molecule has 0 unspecified atom stereocenters. The van der Waals surface area contributed by atoms with Gasteiger partial charge in [-0.05, 0) is 62.8 Å². The number of anilines is 1. The minimum atomic E-state index is -0.608. The molecule has 3 aromatic rings. The van der Waals surface area contributed by atoms with E-state index in [4.69, 9.17) is 11.6 Å². The SMILES string of the molecule is CC1=C(Cn2cc(NC(=O)c3nc(-c4c(C)ccc(Cl)c4F)cnc3C)cn2)NNC(N2C[C@H]3C[C@H]3C2=O)=C1C. The fourth-order valence-electron chi connectivity index (χ4n) is 5.25. The number of aryl methyl sites for hydroxylation is 2. The number of carbonyl (C=O) groups is 2. The quantitative estimate of drug-likeness (QED) is 0.414. The van der Waals surface area contributed by atoms with Gasteiger partial charge in [0, 0.05) is 24.2 Å². The normalized spacial score (nSPS) is 19.9. The Morgan fingerprint density at radius 3 is 2.73 bits per heavy atom. The molecule has 2 amide bonds. The van der Waals surface area contributed by atoms with Crippen molar-refractivity contribution in [3.8, 4) is 11.3 Å². The Hall–Kier alpha value is -4.25. The predicted molar refractivity (Wildman–Crippen MR) is 147 cm³/mol. The van der Waals surface area contributed by atoms with Gasteiger partial charge in [0.15, 0.2) is 5.82 Å². The van der Waals surface area contributed by atoms with E-state index in [-0.39, 0.29) is 33.8 Å². The van der Waals surface area contributed by atoms with Gasteiger partial charge in [-0.3, -0.25) is 29.6 Å². The summed E-state index contributed by atoms with van der Waals surface area (Å²) in [5.41, 5.74) is 11.3. The van der Waals surface area contributed by atoms with Crippen LogP contribution in [0, 0.1) is 31.5 Å². The van der Waals surface area contributed by atoms with Crippen LogP contribution in [0.15, 0.2) is 53.4 Å². The molecule has 1 saturated heterocycles. The zero-order chi connectivity index (χ0) is 28.3. The first-order chi connectivity index (χ1) is 19.1. The average molecular weight is 563 g/mol. The van der Waals surface area contributed by atoms with Crippen molar-refractivity contribution in [2.45, 2.75) is 40.7 Å². The summed E-state index contributed by atoms with van der Waals surface area (Å²) in [6, 6.07) is 3.17. The number of likely N-dealkylation sites (tertiary alicyclic amines) is 1. The summed E-state index contributed by atoms with van der Waals surface area (Å²) >= 11 is 5.97. The number of amides is 2. The molecule has 3 N–H and O–H groups in total. The number of piperidine rings is 1. The van der Waals surface area contributed by atoms with Crippen molar-refractivity contribution in [1.29, 1.82) is 0 Å². The van der Waals surface area contributed by atoms with E-state index in [1.165, 1.54) is 12.3 Å². The molecule has 2 fully saturated rings. The smallest absolute Gasteiger partial charge is 0.276 e. The van der Waals surface area contributed by atoms with E-state index in [0.717, 1.165) is 35.6 Å². The molecule has 0 radical (unpaired) electrons. The van der Waals surface area contributed by atoms with Crippen molar-refractivity contribution in [3.63, 3.8) is 0 Å². The van der Waals surface area contributed by atoms with Crippen LogP contribution in [0.3, 0.4) is 0 Å². The number of fused-ring (bicyclic) bond motifs is 1. The lowest BCUT2D eigenvalue weighted by Gasteiger charge is -2.31. The number of aromatic nitrogens is 4. The molecule has 10 nitrogen and oxygen atoms in total. The third-order valence-electron chi connectivity index (χ3n) is 7.84. The zero-order valence-corrected chi connectivity index (χ0v) is 23.2. The van der Waals surface area contributed by atoms with Gasteiger partial charge in [-0.1, -0.05) is 17.7 Å². The highest BCUT2D eigenvalue weighted by Crippen LogP contribution is 2.47. The van der Waals surface area contributed by atoms with Crippen LogP contribution in [0.5, 0.6) is 0 Å². The maximum Gasteiger partial charge on any atom is 0.276 e. The molecule has 2 atom stereocenters. The van der Waals surface area contributed by atoms with Gasteiger partial charge in [-0.15, -0.1) is 0 Å². The largest absolute Gasteiger partial charge is 0.318 e. The Morgan fingerprint density at radius 1 is 1.18 bits per heavy atom. The van der Waals surface area contributed by atoms with Gasteiger partial charge >= 0.3 is 0 Å². The van der Waals surface area contributed by atoms with E-state index in [9.17, 15) is 14.0 Å². The number of allylic oxidation sites excluding steroid dienone is 3. The van der Waals surface area contributed by atoms with Gasteiger partial charge in [0.25, 0.3) is 5.91 Å². The molecule has 2 aliphatic heterocycles. The first-order valence-corrected chi connectivity index (χ1v) is 13.4. The van der Waals surface area contributed by atoms with Crippen LogP contribution < -0.4 is 16.2 Å². The lowest BCUT2D eigenvalue weighted by molar-refractivity contribution is -0.128. The second kappa shape index (κ2) is 9.74. The maximum atomic E-state index is 14.8. The molecule has 1 saturated carbocycles. The molecule has 3 aliphatic rings. The number of hydrogen-bond acceptors (Lipinski definition) is 7. The summed E-state index contributed by atoms with van der Waals surface area (Å²) in [6.45, 7) is 8.58. The molecule has 206 valence electrons. The van der Waals surface area contributed by atoms with Gasteiger partial charge < -0.3 is 10.7 Å². The standard InChI is InChI=1S/C28H28ClFN8O2/c1-13-5-6-20(29)24(30)23(13)21-9-31-16(4)25(34-21)27(39)33-18-8-32-37(11-18)12-22-14(2)15(3)26(36-35-22)38-10-17-7-19(17)28(38)40/h5-6,8-9,11,17,19,35-36H,7,10,12H2,1-4H3,(H,33,39)/t17-,19-/m1/s1. The molecule has 2 aromatic heterocycles. The summed E-state index contributed by atoms with van der Waals surface area (Å²) in [7, 11) is 0. The zero-order valence-electron chi connectivity index (χ0n) is 22.5. The number of carbonyl (C=O) groups excluding carboxylic acids is 2. The number of benzene rings is 1. The lowest BCUT2D eigenvalue weighted by atomic mass is 10.0. The van der Waals surface area contributed by atoms with E-state index in [1.54, 1.807) is 37.0 Å². The Bertz CT molecular complexity index is 1640. The van der Waals surface area contributed by atoms with Crippen LogP contribution in [-0.4, -0.2) is 43.0 Å². The Labute approximate surface area is 235 Å². The number of halogens is 2. The first-order valence-electron chi connectivity index (χ1n) is 13.0. The summed E-state index contributed by atoms with van der Waals surface area (Å²) in [5.74, 6) is 0.566.